The molecule has 6 aromatic carbocycles. The highest BCUT2D eigenvalue weighted by molar-refractivity contribution is 5.95. The van der Waals surface area contributed by atoms with Gasteiger partial charge in [-0.3, -0.25) is 0 Å². The summed E-state index contributed by atoms with van der Waals surface area (Å²) in [7, 11) is 0. The van der Waals surface area contributed by atoms with Gasteiger partial charge in [-0.1, -0.05) is 137 Å². The maximum atomic E-state index is 13.7. The van der Waals surface area contributed by atoms with Gasteiger partial charge in [0, 0.05) is 23.3 Å². The summed E-state index contributed by atoms with van der Waals surface area (Å²) in [6.45, 7) is 12.8. The smallest absolute Gasteiger partial charge is 0.343 e. The maximum absolute atomic E-state index is 13.7. The van der Waals surface area contributed by atoms with Crippen LogP contribution in [0.15, 0.2) is 159 Å². The average Bonchev–Trinajstić information content (AvgIpc) is 3.40. The van der Waals surface area contributed by atoms with Crippen LogP contribution in [0.1, 0.15) is 109 Å². The van der Waals surface area contributed by atoms with Gasteiger partial charge >= 0.3 is 23.9 Å². The number of aryl methyl sites for hydroxylation is 2. The number of ether oxygens (including phenoxy) is 6. The standard InChI is InChI=1S/C62H66O10/c1-5-57(63)69-43-17-13-9-7-11-15-41-67-53-37-33-49(34-38-53)47-25-29-51(30-26-47)61(65)71-55-23-19-21-45(3)59(55)60-46(4)22-20-24-56(60)72-62(66)52-31-27-48(28-32-52)50-35-39-54(40-36-50)68-42-16-12-8-10-14-18-44-70-58(64)6-2/h5-6,19-40H,1-2,7-18,41-44H2,3-4H3. The number of carbonyl (C=O) groups excluding carboxylic acids is 4. The highest BCUT2D eigenvalue weighted by Crippen LogP contribution is 2.42. The maximum Gasteiger partial charge on any atom is 0.343 e. The largest absolute Gasteiger partial charge is 0.494 e. The van der Waals surface area contributed by atoms with Gasteiger partial charge in [-0.25, -0.2) is 19.2 Å². The van der Waals surface area contributed by atoms with Gasteiger partial charge in [0.15, 0.2) is 0 Å². The molecule has 0 atom stereocenters. The van der Waals surface area contributed by atoms with Gasteiger partial charge in [0.25, 0.3) is 0 Å². The third-order valence-electron chi connectivity index (χ3n) is 12.2. The predicted molar refractivity (Wildman–Crippen MR) is 284 cm³/mol. The average molecular weight is 971 g/mol. The molecular formula is C62H66O10. The summed E-state index contributed by atoms with van der Waals surface area (Å²) in [6, 6.07) is 41.5. The van der Waals surface area contributed by atoms with Gasteiger partial charge in [0.1, 0.15) is 23.0 Å². The van der Waals surface area contributed by atoms with Crippen LogP contribution in [-0.4, -0.2) is 50.3 Å². The number of rotatable bonds is 29. The molecule has 6 aromatic rings. The molecule has 6 rings (SSSR count). The molecule has 0 spiro atoms. The topological polar surface area (TPSA) is 124 Å². The van der Waals surface area contributed by atoms with Crippen LogP contribution in [0, 0.1) is 13.8 Å². The van der Waals surface area contributed by atoms with Crippen molar-refractivity contribution < 1.29 is 47.6 Å². The molecule has 10 nitrogen and oxygen atoms in total. The normalized spacial score (nSPS) is 10.8. The summed E-state index contributed by atoms with van der Waals surface area (Å²) in [4.78, 5) is 49.6. The molecule has 0 saturated carbocycles. The summed E-state index contributed by atoms with van der Waals surface area (Å²) >= 11 is 0. The SMILES string of the molecule is C=CC(=O)OCCCCCCCCOc1ccc(-c2ccc(C(=O)Oc3cccc(C)c3-c3c(C)cccc3OC(=O)c3ccc(-c4ccc(OCCCCCCCCOC(=O)C=C)cc4)cc3)cc2)cc1. The molecule has 0 bridgehead atoms. The van der Waals surface area contributed by atoms with Crippen LogP contribution >= 0.6 is 0 Å². The number of hydrogen-bond donors (Lipinski definition) is 0. The quantitative estimate of drug-likeness (QED) is 0.0194. The lowest BCUT2D eigenvalue weighted by Gasteiger charge is -2.18. The van der Waals surface area contributed by atoms with E-state index in [1.165, 1.54) is 12.2 Å². The van der Waals surface area contributed by atoms with E-state index in [1.54, 1.807) is 36.4 Å². The molecule has 72 heavy (non-hydrogen) atoms. The number of benzene rings is 6. The molecule has 0 N–H and O–H groups in total. The summed E-state index contributed by atoms with van der Waals surface area (Å²) in [5.74, 6) is 0.545. The van der Waals surface area contributed by atoms with Crippen molar-refractivity contribution in [1.29, 1.82) is 0 Å². The van der Waals surface area contributed by atoms with Gasteiger partial charge in [-0.15, -0.1) is 0 Å². The molecule has 0 amide bonds. The molecule has 0 aromatic heterocycles. The summed E-state index contributed by atoms with van der Waals surface area (Å²) < 4.78 is 34.2. The van der Waals surface area contributed by atoms with E-state index in [4.69, 9.17) is 28.4 Å². The van der Waals surface area contributed by atoms with Crippen LogP contribution in [0.25, 0.3) is 33.4 Å². The van der Waals surface area contributed by atoms with Crippen LogP contribution in [0.4, 0.5) is 0 Å². The number of unbranched alkanes of at least 4 members (excludes halogenated alkanes) is 10. The molecule has 0 aliphatic carbocycles. The van der Waals surface area contributed by atoms with E-state index in [-0.39, 0.29) is 11.9 Å². The molecule has 374 valence electrons. The lowest BCUT2D eigenvalue weighted by Crippen LogP contribution is -2.11. The zero-order valence-corrected chi connectivity index (χ0v) is 41.7. The van der Waals surface area contributed by atoms with Crippen LogP contribution in [0.3, 0.4) is 0 Å². The van der Waals surface area contributed by atoms with Crippen molar-refractivity contribution in [2.45, 2.75) is 90.9 Å². The Balaban J connectivity index is 0.982. The fourth-order valence-corrected chi connectivity index (χ4v) is 8.16. The Hall–Kier alpha value is -7.72. The lowest BCUT2D eigenvalue weighted by molar-refractivity contribution is -0.138. The van der Waals surface area contributed by atoms with Crippen LogP contribution in [0.5, 0.6) is 23.0 Å². The Morgan fingerprint density at radius 3 is 1.03 bits per heavy atom. The second-order valence-electron chi connectivity index (χ2n) is 17.6. The van der Waals surface area contributed by atoms with E-state index in [0.29, 0.717) is 60.2 Å². The van der Waals surface area contributed by atoms with Crippen LogP contribution in [0.2, 0.25) is 0 Å². The van der Waals surface area contributed by atoms with Crippen molar-refractivity contribution in [1.82, 2.24) is 0 Å². The number of carbonyl (C=O) groups is 4. The zero-order valence-electron chi connectivity index (χ0n) is 41.7. The molecule has 0 saturated heterocycles. The Kier molecular flexibility index (Phi) is 21.5. The van der Waals surface area contributed by atoms with Crippen molar-refractivity contribution in [2.75, 3.05) is 26.4 Å². The Labute approximate surface area is 424 Å². The zero-order chi connectivity index (χ0) is 50.9. The Morgan fingerprint density at radius 1 is 0.389 bits per heavy atom. The first-order chi connectivity index (χ1) is 35.1. The lowest BCUT2D eigenvalue weighted by atomic mass is 9.94. The summed E-state index contributed by atoms with van der Waals surface area (Å²) in [5.41, 5.74) is 7.68. The van der Waals surface area contributed by atoms with E-state index >= 15 is 0 Å². The van der Waals surface area contributed by atoms with Gasteiger partial charge in [-0.05, 0) is 134 Å². The van der Waals surface area contributed by atoms with Crippen LogP contribution in [-0.2, 0) is 19.1 Å². The van der Waals surface area contributed by atoms with E-state index < -0.39 is 11.9 Å². The molecule has 10 heteroatoms. The van der Waals surface area contributed by atoms with Crippen LogP contribution < -0.4 is 18.9 Å². The Bertz CT molecular complexity index is 2510. The van der Waals surface area contributed by atoms with Crippen molar-refractivity contribution >= 4 is 23.9 Å². The van der Waals surface area contributed by atoms with E-state index in [1.807, 2.05) is 111 Å². The van der Waals surface area contributed by atoms with Crippen molar-refractivity contribution in [3.63, 3.8) is 0 Å². The molecule has 0 aliphatic heterocycles. The fraction of sp³-hybridized carbons (Fsp3) is 0.290. The number of hydrogen-bond acceptors (Lipinski definition) is 10. The van der Waals surface area contributed by atoms with Crippen molar-refractivity contribution in [2.24, 2.45) is 0 Å². The first kappa shape index (κ1) is 53.6. The number of esters is 4. The third-order valence-corrected chi connectivity index (χ3v) is 12.2. The van der Waals surface area contributed by atoms with E-state index in [0.717, 1.165) is 122 Å². The van der Waals surface area contributed by atoms with Gasteiger partial charge in [-0.2, -0.15) is 0 Å². The summed E-state index contributed by atoms with van der Waals surface area (Å²) in [6.07, 6.45) is 14.6. The first-order valence-corrected chi connectivity index (χ1v) is 25.0. The van der Waals surface area contributed by atoms with E-state index in [2.05, 4.69) is 13.2 Å². The fourth-order valence-electron chi connectivity index (χ4n) is 8.16. The summed E-state index contributed by atoms with van der Waals surface area (Å²) in [5, 5.41) is 0. The second kappa shape index (κ2) is 28.8. The van der Waals surface area contributed by atoms with Gasteiger partial charge < -0.3 is 28.4 Å². The molecular weight excluding hydrogens is 905 g/mol. The highest BCUT2D eigenvalue weighted by Gasteiger charge is 2.22. The minimum absolute atomic E-state index is 0.352. The highest BCUT2D eigenvalue weighted by atomic mass is 16.5. The van der Waals surface area contributed by atoms with Gasteiger partial charge in [0.2, 0.25) is 0 Å². The minimum atomic E-state index is -0.512. The monoisotopic (exact) mass is 970 g/mol. The third kappa shape index (κ3) is 16.7. The molecule has 0 unspecified atom stereocenters. The molecule has 0 radical (unpaired) electrons. The molecule has 0 fully saturated rings. The molecule has 0 heterocycles. The van der Waals surface area contributed by atoms with Crippen molar-refractivity contribution in [3.8, 4) is 56.4 Å². The minimum Gasteiger partial charge on any atom is -0.494 e. The molecule has 0 aliphatic rings. The van der Waals surface area contributed by atoms with Crippen molar-refractivity contribution in [3.05, 3.63) is 181 Å². The van der Waals surface area contributed by atoms with Gasteiger partial charge in [0.05, 0.1) is 37.6 Å². The second-order valence-corrected chi connectivity index (χ2v) is 17.6. The van der Waals surface area contributed by atoms with E-state index in [9.17, 15) is 19.2 Å². The first-order valence-electron chi connectivity index (χ1n) is 25.0. The predicted octanol–water partition coefficient (Wildman–Crippen LogP) is 14.6. The Morgan fingerprint density at radius 2 is 0.694 bits per heavy atom.